The summed E-state index contributed by atoms with van der Waals surface area (Å²) in [6.07, 6.45) is -3.65. The number of nitrogens with one attached hydrogen (secondary N) is 1. The predicted octanol–water partition coefficient (Wildman–Crippen LogP) is 4.57. The van der Waals surface area contributed by atoms with Crippen LogP contribution in [0.4, 0.5) is 18.9 Å². The van der Waals surface area contributed by atoms with Gasteiger partial charge in [-0.2, -0.15) is 23.7 Å². The summed E-state index contributed by atoms with van der Waals surface area (Å²) >= 11 is 5.97. The van der Waals surface area contributed by atoms with Gasteiger partial charge < -0.3 is 5.32 Å². The SMILES string of the molecule is N#CC(C#N)=CNc1c(Br)cc(Br)cc1C(F)(F)F. The maximum Gasteiger partial charge on any atom is 0.418 e. The van der Waals surface area contributed by atoms with Crippen molar-refractivity contribution in [2.24, 2.45) is 0 Å². The predicted molar refractivity (Wildman–Crippen MR) is 69.8 cm³/mol. The normalized spacial score (nSPS) is 10.3. The highest BCUT2D eigenvalue weighted by molar-refractivity contribution is 9.11. The van der Waals surface area contributed by atoms with Crippen molar-refractivity contribution >= 4 is 37.5 Å². The van der Waals surface area contributed by atoms with Gasteiger partial charge in [-0.3, -0.25) is 0 Å². The van der Waals surface area contributed by atoms with Gasteiger partial charge in [-0.05, 0) is 28.1 Å². The van der Waals surface area contributed by atoms with Crippen LogP contribution in [0.1, 0.15) is 5.56 Å². The first kappa shape index (κ1) is 15.5. The van der Waals surface area contributed by atoms with Crippen molar-refractivity contribution in [3.8, 4) is 12.1 Å². The van der Waals surface area contributed by atoms with Crippen LogP contribution < -0.4 is 5.32 Å². The number of anilines is 1. The zero-order chi connectivity index (χ0) is 14.6. The highest BCUT2D eigenvalue weighted by atomic mass is 79.9. The van der Waals surface area contributed by atoms with Gasteiger partial charge in [0.05, 0.1) is 11.3 Å². The third-order valence-electron chi connectivity index (χ3n) is 1.96. The van der Waals surface area contributed by atoms with E-state index in [2.05, 4.69) is 37.2 Å². The van der Waals surface area contributed by atoms with E-state index in [1.807, 2.05) is 0 Å². The molecule has 0 aromatic heterocycles. The van der Waals surface area contributed by atoms with Crippen LogP contribution in [0, 0.1) is 22.7 Å². The Labute approximate surface area is 123 Å². The number of alkyl halides is 3. The van der Waals surface area contributed by atoms with Gasteiger partial charge in [0.15, 0.2) is 0 Å². The lowest BCUT2D eigenvalue weighted by atomic mass is 10.1. The zero-order valence-electron chi connectivity index (χ0n) is 9.02. The van der Waals surface area contributed by atoms with E-state index in [4.69, 9.17) is 10.5 Å². The first-order valence-electron chi connectivity index (χ1n) is 4.62. The van der Waals surface area contributed by atoms with Crippen LogP contribution in [-0.2, 0) is 6.18 Å². The van der Waals surface area contributed by atoms with Gasteiger partial charge in [-0.15, -0.1) is 0 Å². The maximum atomic E-state index is 12.9. The van der Waals surface area contributed by atoms with Crippen molar-refractivity contribution in [3.05, 3.63) is 38.4 Å². The van der Waals surface area contributed by atoms with Crippen molar-refractivity contribution in [1.29, 1.82) is 10.5 Å². The number of benzene rings is 1. The second-order valence-electron chi connectivity index (χ2n) is 3.23. The monoisotopic (exact) mass is 393 g/mol. The molecular formula is C11H4Br2F3N3. The van der Waals surface area contributed by atoms with Crippen LogP contribution >= 0.6 is 31.9 Å². The quantitative estimate of drug-likeness (QED) is 0.747. The summed E-state index contributed by atoms with van der Waals surface area (Å²) in [6.45, 7) is 0. The Kier molecular flexibility index (Phi) is 4.98. The van der Waals surface area contributed by atoms with E-state index < -0.39 is 11.7 Å². The van der Waals surface area contributed by atoms with Gasteiger partial charge in [0.25, 0.3) is 0 Å². The molecule has 0 heterocycles. The van der Waals surface area contributed by atoms with Crippen molar-refractivity contribution < 1.29 is 13.2 Å². The summed E-state index contributed by atoms with van der Waals surface area (Å²) in [4.78, 5) is 0. The molecule has 19 heavy (non-hydrogen) atoms. The number of allylic oxidation sites excluding steroid dienone is 1. The molecule has 1 aromatic rings. The molecule has 0 aliphatic rings. The van der Waals surface area contributed by atoms with Crippen molar-refractivity contribution in [3.63, 3.8) is 0 Å². The number of nitriles is 2. The smallest absolute Gasteiger partial charge is 0.358 e. The summed E-state index contributed by atoms with van der Waals surface area (Å²) < 4.78 is 39.0. The van der Waals surface area contributed by atoms with E-state index >= 15 is 0 Å². The summed E-state index contributed by atoms with van der Waals surface area (Å²) in [6, 6.07) is 5.41. The number of halogens is 5. The minimum Gasteiger partial charge on any atom is -0.358 e. The van der Waals surface area contributed by atoms with Crippen LogP contribution in [-0.4, -0.2) is 0 Å². The van der Waals surface area contributed by atoms with E-state index in [0.717, 1.165) is 12.3 Å². The Morgan fingerprint density at radius 1 is 1.21 bits per heavy atom. The summed E-state index contributed by atoms with van der Waals surface area (Å²) in [5, 5.41) is 19.4. The lowest BCUT2D eigenvalue weighted by Gasteiger charge is -2.15. The third kappa shape index (κ3) is 3.98. The molecule has 0 radical (unpaired) electrons. The molecule has 1 N–H and O–H groups in total. The molecule has 0 fully saturated rings. The molecular weight excluding hydrogens is 391 g/mol. The standard InChI is InChI=1S/C11H4Br2F3N3/c12-7-1-8(11(14,15)16)10(9(13)2-7)19-5-6(3-17)4-18/h1-2,5,19H. The average molecular weight is 395 g/mol. The highest BCUT2D eigenvalue weighted by Gasteiger charge is 2.34. The molecule has 0 atom stereocenters. The number of nitrogens with zero attached hydrogens (tertiary/aromatic N) is 2. The molecule has 1 rings (SSSR count). The molecule has 1 aromatic carbocycles. The molecule has 8 heteroatoms. The van der Waals surface area contributed by atoms with Crippen LogP contribution in [0.25, 0.3) is 0 Å². The average Bonchev–Trinajstić information content (AvgIpc) is 2.30. The molecule has 0 aliphatic heterocycles. The lowest BCUT2D eigenvalue weighted by molar-refractivity contribution is -0.137. The van der Waals surface area contributed by atoms with Crippen LogP contribution in [0.5, 0.6) is 0 Å². The zero-order valence-corrected chi connectivity index (χ0v) is 12.2. The van der Waals surface area contributed by atoms with E-state index in [1.165, 1.54) is 6.07 Å². The van der Waals surface area contributed by atoms with Crippen molar-refractivity contribution in [1.82, 2.24) is 0 Å². The Bertz CT molecular complexity index is 593. The first-order valence-corrected chi connectivity index (χ1v) is 6.21. The molecule has 98 valence electrons. The van der Waals surface area contributed by atoms with Gasteiger partial charge in [0.1, 0.15) is 17.7 Å². The van der Waals surface area contributed by atoms with Gasteiger partial charge in [0, 0.05) is 15.1 Å². The molecule has 0 unspecified atom stereocenters. The first-order chi connectivity index (χ1) is 8.79. The Morgan fingerprint density at radius 3 is 2.26 bits per heavy atom. The topological polar surface area (TPSA) is 59.6 Å². The Balaban J connectivity index is 3.32. The minimum absolute atomic E-state index is 0.153. The molecule has 0 bridgehead atoms. The summed E-state index contributed by atoms with van der Waals surface area (Å²) in [7, 11) is 0. The third-order valence-corrected chi connectivity index (χ3v) is 3.05. The van der Waals surface area contributed by atoms with Crippen LogP contribution in [0.15, 0.2) is 32.9 Å². The van der Waals surface area contributed by atoms with Gasteiger partial charge >= 0.3 is 6.18 Å². The highest BCUT2D eigenvalue weighted by Crippen LogP contribution is 2.40. The Hall–Kier alpha value is -1.51. The molecule has 0 saturated heterocycles. The summed E-state index contributed by atoms with van der Waals surface area (Å²) in [5.74, 6) is 0. The molecule has 0 saturated carbocycles. The number of hydrogen-bond donors (Lipinski definition) is 1. The van der Waals surface area contributed by atoms with Gasteiger partial charge in [0.2, 0.25) is 0 Å². The number of hydrogen-bond acceptors (Lipinski definition) is 3. The fourth-order valence-electron chi connectivity index (χ4n) is 1.18. The van der Waals surface area contributed by atoms with Gasteiger partial charge in [-0.25, -0.2) is 0 Å². The van der Waals surface area contributed by atoms with Crippen molar-refractivity contribution in [2.75, 3.05) is 5.32 Å². The minimum atomic E-state index is -4.57. The Morgan fingerprint density at radius 2 is 1.79 bits per heavy atom. The van der Waals surface area contributed by atoms with E-state index in [-0.39, 0.29) is 20.2 Å². The second kappa shape index (κ2) is 6.09. The summed E-state index contributed by atoms with van der Waals surface area (Å²) in [5.41, 5.74) is -1.51. The largest absolute Gasteiger partial charge is 0.418 e. The van der Waals surface area contributed by atoms with Crippen LogP contribution in [0.2, 0.25) is 0 Å². The van der Waals surface area contributed by atoms with Crippen molar-refractivity contribution in [2.45, 2.75) is 6.18 Å². The fraction of sp³-hybridized carbons (Fsp3) is 0.0909. The fourth-order valence-corrected chi connectivity index (χ4v) is 2.52. The molecule has 3 nitrogen and oxygen atoms in total. The number of rotatable bonds is 2. The van der Waals surface area contributed by atoms with Crippen LogP contribution in [0.3, 0.4) is 0 Å². The molecule has 0 amide bonds. The molecule has 0 aliphatic carbocycles. The van der Waals surface area contributed by atoms with E-state index in [9.17, 15) is 13.2 Å². The lowest BCUT2D eigenvalue weighted by Crippen LogP contribution is -2.09. The maximum absolute atomic E-state index is 12.9. The van der Waals surface area contributed by atoms with E-state index in [1.54, 1.807) is 12.1 Å². The second-order valence-corrected chi connectivity index (χ2v) is 5.00. The molecule has 0 spiro atoms. The van der Waals surface area contributed by atoms with Gasteiger partial charge in [-0.1, -0.05) is 15.9 Å². The van der Waals surface area contributed by atoms with E-state index in [0.29, 0.717) is 0 Å².